The van der Waals surface area contributed by atoms with Crippen molar-refractivity contribution >= 4 is 5.91 Å². The maximum absolute atomic E-state index is 11.4. The van der Waals surface area contributed by atoms with Crippen molar-refractivity contribution in [2.45, 2.75) is 12.8 Å². The molecule has 0 atom stereocenters. The number of hydrogen-bond donors (Lipinski definition) is 0. The fraction of sp³-hybridized carbons (Fsp3) is 0.889. The Morgan fingerprint density at radius 1 is 1.31 bits per heavy atom. The van der Waals surface area contributed by atoms with E-state index in [1.54, 1.807) is 4.90 Å². The summed E-state index contributed by atoms with van der Waals surface area (Å²) in [5, 5.41) is 0. The van der Waals surface area contributed by atoms with Gasteiger partial charge in [-0.1, -0.05) is 0 Å². The Morgan fingerprint density at radius 2 is 1.77 bits per heavy atom. The van der Waals surface area contributed by atoms with E-state index >= 15 is 0 Å². The molecule has 3 nitrogen and oxygen atoms in total. The molecule has 78 valence electrons. The van der Waals surface area contributed by atoms with E-state index in [1.807, 2.05) is 14.1 Å². The second-order valence-corrected chi connectivity index (χ2v) is 4.22. The summed E-state index contributed by atoms with van der Waals surface area (Å²) in [7, 11) is 5.82. The van der Waals surface area contributed by atoms with Crippen LogP contribution in [-0.2, 0) is 4.79 Å². The summed E-state index contributed by atoms with van der Waals surface area (Å²) in [6.07, 6.45) is 2.55. The number of rotatable bonds is 2. The number of carbonyl (C=O) groups excluding carboxylic acids is 1. The molecule has 1 rings (SSSR count). The smallest absolute Gasteiger partial charge is 0.277 e. The van der Waals surface area contributed by atoms with E-state index in [2.05, 4.69) is 7.05 Å². The maximum Gasteiger partial charge on any atom is 0.277 e. The Hall–Kier alpha value is 0.160. The van der Waals surface area contributed by atoms with Gasteiger partial charge in [0.1, 0.15) is 0 Å². The summed E-state index contributed by atoms with van der Waals surface area (Å²) in [6, 6.07) is 0. The van der Waals surface area contributed by atoms with Crippen molar-refractivity contribution in [3.8, 4) is 0 Å². The third-order valence-corrected chi connectivity index (χ3v) is 2.66. The van der Waals surface area contributed by atoms with Gasteiger partial charge in [0.2, 0.25) is 0 Å². The van der Waals surface area contributed by atoms with Crippen LogP contribution in [0.15, 0.2) is 0 Å². The van der Waals surface area contributed by atoms with Crippen LogP contribution < -0.4 is 24.0 Å². The second-order valence-electron chi connectivity index (χ2n) is 4.22. The number of quaternary nitrogens is 1. The van der Waals surface area contributed by atoms with E-state index in [0.717, 1.165) is 4.48 Å². The van der Waals surface area contributed by atoms with Gasteiger partial charge in [-0.2, -0.15) is 0 Å². The molecular formula is C9H19IN2O. The van der Waals surface area contributed by atoms with Crippen molar-refractivity contribution in [3.05, 3.63) is 0 Å². The zero-order valence-corrected chi connectivity index (χ0v) is 10.9. The van der Waals surface area contributed by atoms with E-state index in [4.69, 9.17) is 0 Å². The molecule has 0 N–H and O–H groups in total. The molecule has 0 radical (unpaired) electrons. The number of carbonyl (C=O) groups is 1. The van der Waals surface area contributed by atoms with Crippen molar-refractivity contribution in [3.63, 3.8) is 0 Å². The van der Waals surface area contributed by atoms with Crippen molar-refractivity contribution in [1.82, 2.24) is 4.90 Å². The van der Waals surface area contributed by atoms with E-state index in [1.165, 1.54) is 25.9 Å². The van der Waals surface area contributed by atoms with Crippen molar-refractivity contribution in [1.29, 1.82) is 0 Å². The summed E-state index contributed by atoms with van der Waals surface area (Å²) >= 11 is 0. The first-order valence-electron chi connectivity index (χ1n) is 4.57. The van der Waals surface area contributed by atoms with Gasteiger partial charge in [-0.3, -0.25) is 4.79 Å². The number of likely N-dealkylation sites (N-methyl/N-ethyl adjacent to an activating group) is 2. The van der Waals surface area contributed by atoms with Gasteiger partial charge in [0, 0.05) is 26.9 Å². The third-order valence-electron chi connectivity index (χ3n) is 2.66. The minimum absolute atomic E-state index is 0. The summed E-state index contributed by atoms with van der Waals surface area (Å²) in [5.41, 5.74) is 0. The molecule has 0 aromatic heterocycles. The van der Waals surface area contributed by atoms with Gasteiger partial charge < -0.3 is 33.4 Å². The van der Waals surface area contributed by atoms with Gasteiger partial charge in [0.15, 0.2) is 6.54 Å². The second kappa shape index (κ2) is 5.14. The van der Waals surface area contributed by atoms with Crippen LogP contribution in [0.1, 0.15) is 12.8 Å². The summed E-state index contributed by atoms with van der Waals surface area (Å²) in [4.78, 5) is 13.1. The molecule has 1 amide bonds. The zero-order chi connectivity index (χ0) is 9.19. The van der Waals surface area contributed by atoms with E-state index in [0.29, 0.717) is 6.54 Å². The maximum atomic E-state index is 11.4. The Bertz CT molecular complexity index is 176. The van der Waals surface area contributed by atoms with Gasteiger partial charge in [-0.25, -0.2) is 0 Å². The van der Waals surface area contributed by atoms with E-state index in [9.17, 15) is 4.79 Å². The first-order chi connectivity index (χ1) is 5.53. The molecule has 0 unspecified atom stereocenters. The largest absolute Gasteiger partial charge is 1.00 e. The molecule has 13 heavy (non-hydrogen) atoms. The SMILES string of the molecule is CN(C)C(=O)C[N+]1(C)CCCC1.[I-]. The number of likely N-dealkylation sites (tertiary alicyclic amines) is 1. The zero-order valence-electron chi connectivity index (χ0n) is 8.72. The fourth-order valence-electron chi connectivity index (χ4n) is 1.72. The van der Waals surface area contributed by atoms with Crippen LogP contribution in [0.3, 0.4) is 0 Å². The first-order valence-corrected chi connectivity index (χ1v) is 4.57. The van der Waals surface area contributed by atoms with Crippen molar-refractivity contribution in [2.75, 3.05) is 40.8 Å². The Labute approximate surface area is 97.7 Å². The molecular weight excluding hydrogens is 279 g/mol. The normalized spacial score (nSPS) is 19.3. The standard InChI is InChI=1S/C9H19N2O.HI/c1-10(2)9(12)8-11(3)6-4-5-7-11;/h4-8H2,1-3H3;1H/q+1;/p-1. The van der Waals surface area contributed by atoms with Crippen LogP contribution in [0.5, 0.6) is 0 Å². The summed E-state index contributed by atoms with van der Waals surface area (Å²) in [6.45, 7) is 3.01. The minimum atomic E-state index is 0. The lowest BCUT2D eigenvalue weighted by Crippen LogP contribution is -3.00. The fourth-order valence-corrected chi connectivity index (χ4v) is 1.72. The number of halogens is 1. The van der Waals surface area contributed by atoms with E-state index in [-0.39, 0.29) is 29.9 Å². The van der Waals surface area contributed by atoms with E-state index < -0.39 is 0 Å². The highest BCUT2D eigenvalue weighted by atomic mass is 127. The lowest BCUT2D eigenvalue weighted by atomic mass is 10.4. The number of amides is 1. The molecule has 1 aliphatic heterocycles. The molecule has 0 aromatic rings. The predicted octanol–water partition coefficient (Wildman–Crippen LogP) is -2.68. The molecule has 1 heterocycles. The molecule has 0 spiro atoms. The highest BCUT2D eigenvalue weighted by molar-refractivity contribution is 5.76. The Balaban J connectivity index is 0.00000144. The van der Waals surface area contributed by atoms with Crippen LogP contribution in [-0.4, -0.2) is 56.1 Å². The van der Waals surface area contributed by atoms with Crippen LogP contribution in [0.2, 0.25) is 0 Å². The van der Waals surface area contributed by atoms with Crippen LogP contribution in [0.25, 0.3) is 0 Å². The topological polar surface area (TPSA) is 20.3 Å². The van der Waals surface area contributed by atoms with Crippen LogP contribution >= 0.6 is 0 Å². The molecule has 4 heteroatoms. The highest BCUT2D eigenvalue weighted by Gasteiger charge is 2.29. The van der Waals surface area contributed by atoms with Crippen molar-refractivity contribution in [2.24, 2.45) is 0 Å². The van der Waals surface area contributed by atoms with Gasteiger partial charge in [-0.15, -0.1) is 0 Å². The highest BCUT2D eigenvalue weighted by Crippen LogP contribution is 2.15. The first kappa shape index (κ1) is 13.2. The molecule has 0 aromatic carbocycles. The Kier molecular flexibility index (Phi) is 5.21. The predicted molar refractivity (Wildman–Crippen MR) is 48.7 cm³/mol. The van der Waals surface area contributed by atoms with Gasteiger partial charge in [0.05, 0.1) is 20.1 Å². The average Bonchev–Trinajstić information content (AvgIpc) is 2.35. The average molecular weight is 298 g/mol. The number of hydrogen-bond acceptors (Lipinski definition) is 1. The summed E-state index contributed by atoms with van der Waals surface area (Å²) in [5.74, 6) is 0.249. The number of nitrogens with zero attached hydrogens (tertiary/aromatic N) is 2. The van der Waals surface area contributed by atoms with Crippen LogP contribution in [0.4, 0.5) is 0 Å². The quantitative estimate of drug-likeness (QED) is 0.402. The molecule has 1 saturated heterocycles. The van der Waals surface area contributed by atoms with Crippen LogP contribution in [0, 0.1) is 0 Å². The van der Waals surface area contributed by atoms with Gasteiger partial charge in [-0.05, 0) is 0 Å². The van der Waals surface area contributed by atoms with Gasteiger partial charge >= 0.3 is 0 Å². The molecule has 0 bridgehead atoms. The molecule has 0 aliphatic carbocycles. The minimum Gasteiger partial charge on any atom is -1.00 e. The Morgan fingerprint density at radius 3 is 2.15 bits per heavy atom. The molecule has 1 aliphatic rings. The monoisotopic (exact) mass is 298 g/mol. The van der Waals surface area contributed by atoms with Gasteiger partial charge in [0.25, 0.3) is 5.91 Å². The third kappa shape index (κ3) is 3.81. The summed E-state index contributed by atoms with van der Waals surface area (Å²) < 4.78 is 0.941. The molecule has 0 saturated carbocycles. The lowest BCUT2D eigenvalue weighted by molar-refractivity contribution is -0.890. The molecule has 1 fully saturated rings. The lowest BCUT2D eigenvalue weighted by Gasteiger charge is -2.29. The van der Waals surface area contributed by atoms with Crippen molar-refractivity contribution < 1.29 is 33.3 Å².